The van der Waals surface area contributed by atoms with E-state index < -0.39 is 0 Å². The molecule has 2 aliphatic rings. The number of hydrogen-bond donors (Lipinski definition) is 1. The van der Waals surface area contributed by atoms with Crippen molar-refractivity contribution in [3.63, 3.8) is 0 Å². The minimum absolute atomic E-state index is 0.00948. The van der Waals surface area contributed by atoms with E-state index in [-0.39, 0.29) is 17.9 Å². The second-order valence-electron chi connectivity index (χ2n) is 9.57. The molecule has 0 radical (unpaired) electrons. The van der Waals surface area contributed by atoms with Gasteiger partial charge in [0.15, 0.2) is 0 Å². The Morgan fingerprint density at radius 3 is 2.58 bits per heavy atom. The van der Waals surface area contributed by atoms with Gasteiger partial charge in [-0.3, -0.25) is 0 Å². The zero-order valence-corrected chi connectivity index (χ0v) is 18.2. The number of nitrogens with two attached hydrogens (primary N) is 1. The van der Waals surface area contributed by atoms with Crippen LogP contribution in [0.5, 0.6) is 0 Å². The van der Waals surface area contributed by atoms with Gasteiger partial charge in [0.05, 0.1) is 5.92 Å². The Labute approximate surface area is 191 Å². The molecule has 1 heteroatoms. The Kier molecular flexibility index (Phi) is 3.10. The Morgan fingerprint density at radius 1 is 0.848 bits per heavy atom. The maximum atomic E-state index is 6.68. The van der Waals surface area contributed by atoms with Gasteiger partial charge in [-0.25, -0.2) is 0 Å². The predicted molar refractivity (Wildman–Crippen MR) is 139 cm³/mol. The Morgan fingerprint density at radius 2 is 1.64 bits per heavy atom. The van der Waals surface area contributed by atoms with Crippen molar-refractivity contribution >= 4 is 66.0 Å². The smallest absolute Gasteiger partial charge is 0.0624 e. The molecule has 152 valence electrons. The molecular weight excluding hydrogens is 398 g/mol. The van der Waals surface area contributed by atoms with Gasteiger partial charge in [0.1, 0.15) is 0 Å². The second-order valence-corrected chi connectivity index (χ2v) is 9.57. The topological polar surface area (TPSA) is 26.0 Å². The van der Waals surface area contributed by atoms with Crippen molar-refractivity contribution < 1.29 is 0 Å². The van der Waals surface area contributed by atoms with Crippen LogP contribution in [-0.2, 0) is 0 Å². The fourth-order valence-corrected chi connectivity index (χ4v) is 6.45. The van der Waals surface area contributed by atoms with E-state index in [0.29, 0.717) is 0 Å². The fraction of sp³-hybridized carbons (Fsp3) is 0.125. The van der Waals surface area contributed by atoms with Gasteiger partial charge in [-0.15, -0.1) is 0 Å². The zero-order valence-electron chi connectivity index (χ0n) is 18.2. The van der Waals surface area contributed by atoms with Crippen LogP contribution in [-0.4, -0.2) is 6.04 Å². The number of benzene rings is 5. The van der Waals surface area contributed by atoms with Crippen LogP contribution in [0.2, 0.25) is 0 Å². The van der Waals surface area contributed by atoms with Crippen LogP contribution in [0.25, 0.3) is 66.0 Å². The lowest BCUT2D eigenvalue weighted by Gasteiger charge is -2.31. The van der Waals surface area contributed by atoms with Crippen molar-refractivity contribution in [2.75, 3.05) is 0 Å². The summed E-state index contributed by atoms with van der Waals surface area (Å²) in [6.45, 7) is 2.22. The maximum absolute atomic E-state index is 6.68. The Hall–Kier alpha value is -4.04. The summed E-state index contributed by atoms with van der Waals surface area (Å²) in [5.74, 6) is 7.03. The van der Waals surface area contributed by atoms with Crippen LogP contribution in [0, 0.1) is 29.9 Å². The Balaban J connectivity index is 1.71. The third kappa shape index (κ3) is 2.00. The molecule has 3 unspecified atom stereocenters. The lowest BCUT2D eigenvalue weighted by Crippen LogP contribution is -2.40. The minimum Gasteiger partial charge on any atom is -0.326 e. The van der Waals surface area contributed by atoms with Gasteiger partial charge in [0.25, 0.3) is 0 Å². The largest absolute Gasteiger partial charge is 0.326 e. The molecular formula is C32H19N. The van der Waals surface area contributed by atoms with E-state index in [4.69, 9.17) is 5.73 Å². The standard InChI is InChI=1S/C32H19N/c1-17-16-27-25-15-14-23-20-11-5-7-18-6-4-10-19(28(18)20)22-12-13-24(31(25)30(22)23)21-8-2-3-9-26(29(21)27)32(17)33/h2,4,6-8,10,12-17,26,32H,33H2,1H3. The van der Waals surface area contributed by atoms with Crippen LogP contribution in [0.15, 0.2) is 54.6 Å². The molecule has 2 N–H and O–H groups in total. The molecule has 6 aromatic rings. The molecule has 0 bridgehead atoms. The van der Waals surface area contributed by atoms with Crippen LogP contribution < -0.4 is 11.0 Å². The van der Waals surface area contributed by atoms with E-state index in [1.165, 1.54) is 64.8 Å². The van der Waals surface area contributed by atoms with Gasteiger partial charge in [-0.2, -0.15) is 0 Å². The molecule has 3 atom stereocenters. The molecule has 0 aliphatic heterocycles. The molecule has 2 aliphatic carbocycles. The molecule has 0 saturated carbocycles. The molecule has 0 fully saturated rings. The molecule has 0 spiro atoms. The molecule has 8 rings (SSSR count). The van der Waals surface area contributed by atoms with Crippen LogP contribution in [0.3, 0.4) is 0 Å². The summed E-state index contributed by atoms with van der Waals surface area (Å²) in [7, 11) is 0. The summed E-state index contributed by atoms with van der Waals surface area (Å²) in [5, 5.41) is 14.1. The zero-order chi connectivity index (χ0) is 21.8. The van der Waals surface area contributed by atoms with E-state index in [1.54, 1.807) is 0 Å². The second kappa shape index (κ2) is 5.85. The fourth-order valence-electron chi connectivity index (χ4n) is 6.45. The van der Waals surface area contributed by atoms with E-state index >= 15 is 0 Å². The van der Waals surface area contributed by atoms with Crippen LogP contribution in [0.1, 0.15) is 24.0 Å². The third-order valence-electron chi connectivity index (χ3n) is 7.96. The van der Waals surface area contributed by atoms with Gasteiger partial charge < -0.3 is 5.73 Å². The first-order valence-electron chi connectivity index (χ1n) is 11.6. The number of rotatable bonds is 0. The highest BCUT2D eigenvalue weighted by Crippen LogP contribution is 2.44. The summed E-state index contributed by atoms with van der Waals surface area (Å²) in [5.41, 5.74) is 9.24. The average Bonchev–Trinajstić information content (AvgIpc) is 3.08. The first-order chi connectivity index (χ1) is 16.2. The van der Waals surface area contributed by atoms with Crippen molar-refractivity contribution in [1.29, 1.82) is 0 Å². The van der Waals surface area contributed by atoms with Crippen molar-refractivity contribution in [3.05, 3.63) is 83.1 Å². The molecule has 0 aromatic heterocycles. The molecule has 0 amide bonds. The van der Waals surface area contributed by atoms with Gasteiger partial charge in [0, 0.05) is 16.8 Å². The summed E-state index contributed by atoms with van der Waals surface area (Å²) < 4.78 is 0. The van der Waals surface area contributed by atoms with Gasteiger partial charge >= 0.3 is 0 Å². The maximum Gasteiger partial charge on any atom is 0.0624 e. The lowest BCUT2D eigenvalue weighted by molar-refractivity contribution is 0.512. The summed E-state index contributed by atoms with van der Waals surface area (Å²) in [4.78, 5) is 0. The summed E-state index contributed by atoms with van der Waals surface area (Å²) in [6.07, 6.45) is 6.57. The number of allylic oxidation sites excluding steroid dienone is 1. The van der Waals surface area contributed by atoms with E-state index in [9.17, 15) is 0 Å². The monoisotopic (exact) mass is 417 g/mol. The van der Waals surface area contributed by atoms with Crippen molar-refractivity contribution in [2.24, 2.45) is 11.7 Å². The molecule has 1 nitrogen and oxygen atoms in total. The predicted octanol–water partition coefficient (Wildman–Crippen LogP) is 6.08. The van der Waals surface area contributed by atoms with Crippen LogP contribution in [0.4, 0.5) is 0 Å². The number of hydrogen-bond acceptors (Lipinski definition) is 1. The third-order valence-corrected chi connectivity index (χ3v) is 7.96. The number of fused-ring (bicyclic) bond motifs is 4. The summed E-state index contributed by atoms with van der Waals surface area (Å²) in [6, 6.07) is 24.5. The minimum atomic E-state index is 0.00948. The molecule has 0 heterocycles. The van der Waals surface area contributed by atoms with Gasteiger partial charge in [-0.05, 0) is 83.6 Å². The first kappa shape index (κ1) is 17.5. The highest BCUT2D eigenvalue weighted by Gasteiger charge is 2.31. The molecule has 33 heavy (non-hydrogen) atoms. The van der Waals surface area contributed by atoms with Crippen LogP contribution >= 0.6 is 0 Å². The van der Waals surface area contributed by atoms with E-state index in [2.05, 4.69) is 85.5 Å². The SMILES string of the molecule is CC1C=c2c3c(c4ccc5c6cccc7cc#cc(c8ccc2c4c85)c76)C=CC#CC3C1N. The highest BCUT2D eigenvalue weighted by atomic mass is 14.7. The first-order valence-corrected chi connectivity index (χ1v) is 11.6. The quantitative estimate of drug-likeness (QED) is 0.181. The van der Waals surface area contributed by atoms with Gasteiger partial charge in [0.2, 0.25) is 0 Å². The van der Waals surface area contributed by atoms with E-state index in [0.717, 1.165) is 5.39 Å². The average molecular weight is 418 g/mol. The highest BCUT2D eigenvalue weighted by molar-refractivity contribution is 6.37. The van der Waals surface area contributed by atoms with E-state index in [1.807, 2.05) is 12.1 Å². The normalized spacial score (nSPS) is 21.2. The lowest BCUT2D eigenvalue weighted by atomic mass is 9.74. The molecule has 0 saturated heterocycles. The van der Waals surface area contributed by atoms with Gasteiger partial charge in [-0.1, -0.05) is 79.4 Å². The summed E-state index contributed by atoms with van der Waals surface area (Å²) >= 11 is 0. The van der Waals surface area contributed by atoms with Crippen molar-refractivity contribution in [2.45, 2.75) is 18.9 Å². The molecule has 6 aromatic carbocycles. The Bertz CT molecular complexity index is 1910. The van der Waals surface area contributed by atoms with Crippen molar-refractivity contribution in [3.8, 4) is 11.8 Å². The van der Waals surface area contributed by atoms with Crippen molar-refractivity contribution in [1.82, 2.24) is 0 Å².